The quantitative estimate of drug-likeness (QED) is 0.525. The normalized spacial score (nSPS) is 43.6. The second-order valence-electron chi connectivity index (χ2n) is 3.34. The lowest BCUT2D eigenvalue weighted by molar-refractivity contribution is -0.274. The molecule has 5 atom stereocenters. The van der Waals surface area contributed by atoms with Gasteiger partial charge in [-0.3, -0.25) is 0 Å². The molecule has 14 heavy (non-hydrogen) atoms. The van der Waals surface area contributed by atoms with Crippen molar-refractivity contribution >= 4 is 5.97 Å². The molecule has 0 aromatic rings. The molecule has 6 nitrogen and oxygen atoms in total. The summed E-state index contributed by atoms with van der Waals surface area (Å²) in [4.78, 5) is 10.7. The second-order valence-corrected chi connectivity index (χ2v) is 3.34. The van der Waals surface area contributed by atoms with E-state index >= 15 is 0 Å². The van der Waals surface area contributed by atoms with Gasteiger partial charge in [0.25, 0.3) is 0 Å². The van der Waals surface area contributed by atoms with Crippen LogP contribution in [0.25, 0.3) is 0 Å². The van der Waals surface area contributed by atoms with Crippen LogP contribution in [-0.2, 0) is 14.3 Å². The van der Waals surface area contributed by atoms with Crippen LogP contribution in [0.4, 0.5) is 0 Å². The minimum absolute atomic E-state index is 0.672. The van der Waals surface area contributed by atoms with Crippen molar-refractivity contribution in [1.82, 2.24) is 0 Å². The monoisotopic (exact) mass is 206 g/mol. The van der Waals surface area contributed by atoms with Crippen molar-refractivity contribution < 1.29 is 29.6 Å². The first-order valence-corrected chi connectivity index (χ1v) is 4.26. The number of rotatable bonds is 2. The number of ether oxygens (including phenoxy) is 2. The lowest BCUT2D eigenvalue weighted by Gasteiger charge is -2.38. The molecule has 0 bridgehead atoms. The van der Waals surface area contributed by atoms with Crippen molar-refractivity contribution in [3.05, 3.63) is 0 Å². The van der Waals surface area contributed by atoms with Gasteiger partial charge in [-0.25, -0.2) is 4.79 Å². The molecular formula is C8H14O6. The molecule has 1 fully saturated rings. The maximum atomic E-state index is 10.7. The Morgan fingerprint density at radius 1 is 1.36 bits per heavy atom. The van der Waals surface area contributed by atoms with Crippen molar-refractivity contribution in [1.29, 1.82) is 0 Å². The topological polar surface area (TPSA) is 96.2 Å². The third kappa shape index (κ3) is 1.88. The molecule has 1 aliphatic rings. The lowest BCUT2D eigenvalue weighted by Crippen LogP contribution is -2.56. The Hall–Kier alpha value is -0.690. The van der Waals surface area contributed by atoms with Gasteiger partial charge in [-0.05, 0) is 0 Å². The first-order valence-electron chi connectivity index (χ1n) is 4.26. The molecule has 4 unspecified atom stereocenters. The van der Waals surface area contributed by atoms with Crippen LogP contribution in [0, 0.1) is 5.92 Å². The van der Waals surface area contributed by atoms with E-state index in [0.29, 0.717) is 0 Å². The van der Waals surface area contributed by atoms with Gasteiger partial charge in [0.05, 0.1) is 6.10 Å². The van der Waals surface area contributed by atoms with Gasteiger partial charge in [-0.2, -0.15) is 0 Å². The highest BCUT2D eigenvalue weighted by atomic mass is 16.7. The first-order chi connectivity index (χ1) is 6.49. The summed E-state index contributed by atoms with van der Waals surface area (Å²) in [6, 6.07) is 0. The van der Waals surface area contributed by atoms with Crippen LogP contribution in [0.5, 0.6) is 0 Å². The zero-order chi connectivity index (χ0) is 10.9. The molecule has 1 rings (SSSR count). The predicted molar refractivity (Wildman–Crippen MR) is 44.5 cm³/mol. The van der Waals surface area contributed by atoms with Gasteiger partial charge in [0, 0.05) is 13.0 Å². The van der Waals surface area contributed by atoms with Crippen LogP contribution in [0.1, 0.15) is 6.92 Å². The molecule has 6 heteroatoms. The molecule has 0 spiro atoms. The molecule has 1 heterocycles. The Bertz CT molecular complexity index is 216. The van der Waals surface area contributed by atoms with E-state index in [1.807, 2.05) is 0 Å². The van der Waals surface area contributed by atoms with Gasteiger partial charge in [-0.1, -0.05) is 6.92 Å². The van der Waals surface area contributed by atoms with Crippen LogP contribution in [0.3, 0.4) is 0 Å². The smallest absolute Gasteiger partial charge is 0.333 e. The number of aliphatic carboxylic acids is 1. The molecule has 82 valence electrons. The fourth-order valence-corrected chi connectivity index (χ4v) is 1.48. The number of aliphatic hydroxyl groups excluding tert-OH is 2. The number of carbonyl (C=O) groups is 1. The summed E-state index contributed by atoms with van der Waals surface area (Å²) in [5, 5.41) is 27.7. The van der Waals surface area contributed by atoms with Crippen LogP contribution >= 0.6 is 0 Å². The Balaban J connectivity index is 2.78. The van der Waals surface area contributed by atoms with Crippen molar-refractivity contribution in [3.8, 4) is 0 Å². The highest BCUT2D eigenvalue weighted by Crippen LogP contribution is 2.26. The van der Waals surface area contributed by atoms with E-state index in [1.165, 1.54) is 14.0 Å². The summed E-state index contributed by atoms with van der Waals surface area (Å²) in [5.41, 5.74) is 0. The summed E-state index contributed by atoms with van der Waals surface area (Å²) in [5.74, 6) is -1.85. The van der Waals surface area contributed by atoms with Gasteiger partial charge >= 0.3 is 5.97 Å². The van der Waals surface area contributed by atoms with Crippen molar-refractivity contribution in [2.45, 2.75) is 31.5 Å². The highest BCUT2D eigenvalue weighted by Gasteiger charge is 2.45. The standard InChI is InChI=1S/C8H14O6/c1-3-4(9)5(10)8(13-2)14-6(3)7(11)12/h3-6,8-10H,1-2H3,(H,11,12)/t3-,4?,5?,6?,8?/m1/s1. The molecule has 0 saturated carbocycles. The molecule has 0 aromatic carbocycles. The third-order valence-electron chi connectivity index (χ3n) is 2.40. The Kier molecular flexibility index (Phi) is 3.43. The zero-order valence-electron chi connectivity index (χ0n) is 7.95. The highest BCUT2D eigenvalue weighted by molar-refractivity contribution is 5.73. The summed E-state index contributed by atoms with van der Waals surface area (Å²) in [7, 11) is 1.27. The lowest BCUT2D eigenvalue weighted by atomic mass is 9.91. The summed E-state index contributed by atoms with van der Waals surface area (Å²) < 4.78 is 9.67. The van der Waals surface area contributed by atoms with Gasteiger partial charge in [0.2, 0.25) is 0 Å². The molecule has 0 aromatic heterocycles. The molecule has 0 aliphatic carbocycles. The van der Waals surface area contributed by atoms with E-state index in [0.717, 1.165) is 0 Å². The summed E-state index contributed by atoms with van der Waals surface area (Å²) in [6.07, 6.45) is -4.62. The first kappa shape index (κ1) is 11.4. The number of carboxylic acids is 1. The average Bonchev–Trinajstić information content (AvgIpc) is 2.14. The van der Waals surface area contributed by atoms with Gasteiger partial charge < -0.3 is 24.8 Å². The molecule has 3 N–H and O–H groups in total. The molecule has 0 amide bonds. The second kappa shape index (κ2) is 4.22. The van der Waals surface area contributed by atoms with E-state index in [-0.39, 0.29) is 0 Å². The van der Waals surface area contributed by atoms with Gasteiger partial charge in [-0.15, -0.1) is 0 Å². The molecule has 1 aliphatic heterocycles. The number of hydrogen-bond donors (Lipinski definition) is 3. The largest absolute Gasteiger partial charge is 0.479 e. The maximum Gasteiger partial charge on any atom is 0.333 e. The predicted octanol–water partition coefficient (Wildman–Crippen LogP) is -1.20. The van der Waals surface area contributed by atoms with Crippen LogP contribution in [-0.4, -0.2) is 53.0 Å². The summed E-state index contributed by atoms with van der Waals surface area (Å²) in [6.45, 7) is 1.50. The Morgan fingerprint density at radius 2 is 1.93 bits per heavy atom. The van der Waals surface area contributed by atoms with E-state index in [9.17, 15) is 15.0 Å². The molecular weight excluding hydrogens is 192 g/mol. The number of aliphatic hydroxyl groups is 2. The number of hydrogen-bond acceptors (Lipinski definition) is 5. The fourth-order valence-electron chi connectivity index (χ4n) is 1.48. The molecule has 0 radical (unpaired) electrons. The SMILES string of the molecule is COC1OC(C(=O)O)[C@H](C)C(O)C1O. The van der Waals surface area contributed by atoms with Crippen molar-refractivity contribution in [2.75, 3.05) is 7.11 Å². The number of carboxylic acid groups (broad SMARTS) is 1. The third-order valence-corrected chi connectivity index (χ3v) is 2.40. The minimum Gasteiger partial charge on any atom is -0.479 e. The fraction of sp³-hybridized carbons (Fsp3) is 0.875. The van der Waals surface area contributed by atoms with E-state index in [1.54, 1.807) is 0 Å². The minimum atomic E-state index is -1.22. The summed E-state index contributed by atoms with van der Waals surface area (Å²) >= 11 is 0. The van der Waals surface area contributed by atoms with E-state index in [4.69, 9.17) is 14.6 Å². The Morgan fingerprint density at radius 3 is 2.36 bits per heavy atom. The van der Waals surface area contributed by atoms with Crippen LogP contribution in [0.2, 0.25) is 0 Å². The Labute approximate surface area is 81.1 Å². The van der Waals surface area contributed by atoms with Gasteiger partial charge in [0.1, 0.15) is 6.10 Å². The maximum absolute atomic E-state index is 10.7. The van der Waals surface area contributed by atoms with Crippen LogP contribution < -0.4 is 0 Å². The number of methoxy groups -OCH3 is 1. The zero-order valence-corrected chi connectivity index (χ0v) is 7.95. The van der Waals surface area contributed by atoms with Crippen LogP contribution in [0.15, 0.2) is 0 Å². The van der Waals surface area contributed by atoms with Crippen molar-refractivity contribution in [2.24, 2.45) is 5.92 Å². The van der Waals surface area contributed by atoms with Crippen molar-refractivity contribution in [3.63, 3.8) is 0 Å². The molecule has 1 saturated heterocycles. The van der Waals surface area contributed by atoms with Gasteiger partial charge in [0.15, 0.2) is 12.4 Å². The van der Waals surface area contributed by atoms with E-state index in [2.05, 4.69) is 0 Å². The van der Waals surface area contributed by atoms with E-state index < -0.39 is 36.5 Å². The average molecular weight is 206 g/mol.